The van der Waals surface area contributed by atoms with E-state index < -0.39 is 0 Å². The molecule has 0 fully saturated rings. The van der Waals surface area contributed by atoms with Crippen LogP contribution < -0.4 is 14.8 Å². The van der Waals surface area contributed by atoms with Crippen LogP contribution in [0, 0.1) is 3.57 Å². The van der Waals surface area contributed by atoms with E-state index in [9.17, 15) is 4.79 Å². The average molecular weight is 397 g/mol. The second-order valence-electron chi connectivity index (χ2n) is 4.22. The molecule has 0 aliphatic carbocycles. The third-order valence-corrected chi connectivity index (χ3v) is 3.59. The van der Waals surface area contributed by atoms with Gasteiger partial charge in [-0.2, -0.15) is 0 Å². The highest BCUT2D eigenvalue weighted by molar-refractivity contribution is 14.1. The van der Waals surface area contributed by atoms with E-state index in [1.165, 1.54) is 0 Å². The summed E-state index contributed by atoms with van der Waals surface area (Å²) in [5.41, 5.74) is 0.790. The number of halogens is 1. The van der Waals surface area contributed by atoms with Crippen molar-refractivity contribution >= 4 is 34.2 Å². The van der Waals surface area contributed by atoms with Crippen molar-refractivity contribution in [3.05, 3.63) is 52.1 Å². The Hall–Kier alpha value is -1.76. The molecule has 0 aromatic heterocycles. The summed E-state index contributed by atoms with van der Waals surface area (Å²) in [6, 6.07) is 14.8. The van der Waals surface area contributed by atoms with Gasteiger partial charge in [0, 0.05) is 3.57 Å². The van der Waals surface area contributed by atoms with Crippen molar-refractivity contribution in [3.63, 3.8) is 0 Å². The number of nitrogens with one attached hydrogen (secondary N) is 1. The summed E-state index contributed by atoms with van der Waals surface area (Å²) in [4.78, 5) is 11.8. The Morgan fingerprint density at radius 2 is 1.67 bits per heavy atom. The minimum atomic E-state index is -0.187. The summed E-state index contributed by atoms with van der Waals surface area (Å²) in [6.45, 7) is 2.52. The van der Waals surface area contributed by atoms with Gasteiger partial charge in [0.25, 0.3) is 5.91 Å². The molecule has 2 aromatic carbocycles. The molecule has 0 heterocycles. The zero-order valence-electron chi connectivity index (χ0n) is 11.6. The Morgan fingerprint density at radius 1 is 1.05 bits per heavy atom. The number of benzene rings is 2. The van der Waals surface area contributed by atoms with Crippen LogP contribution in [0.3, 0.4) is 0 Å². The van der Waals surface area contributed by atoms with Crippen molar-refractivity contribution in [3.8, 4) is 11.5 Å². The van der Waals surface area contributed by atoms with Gasteiger partial charge in [0.15, 0.2) is 6.61 Å². The first kappa shape index (κ1) is 15.6. The topological polar surface area (TPSA) is 47.6 Å². The third kappa shape index (κ3) is 4.93. The first-order valence-electron chi connectivity index (χ1n) is 6.59. The molecule has 4 nitrogen and oxygen atoms in total. The normalized spacial score (nSPS) is 10.0. The van der Waals surface area contributed by atoms with Gasteiger partial charge in [0.2, 0.25) is 0 Å². The Balaban J connectivity index is 1.85. The maximum Gasteiger partial charge on any atom is 0.262 e. The number of anilines is 1. The van der Waals surface area contributed by atoms with E-state index in [1.807, 2.05) is 43.3 Å². The Labute approximate surface area is 137 Å². The fraction of sp³-hybridized carbons (Fsp3) is 0.188. The summed E-state index contributed by atoms with van der Waals surface area (Å²) >= 11 is 2.18. The molecule has 2 rings (SSSR count). The first-order valence-corrected chi connectivity index (χ1v) is 7.67. The van der Waals surface area contributed by atoms with Gasteiger partial charge in [-0.25, -0.2) is 0 Å². The molecule has 0 unspecified atom stereocenters. The molecule has 110 valence electrons. The Morgan fingerprint density at radius 3 is 2.29 bits per heavy atom. The monoisotopic (exact) mass is 397 g/mol. The highest BCUT2D eigenvalue weighted by Crippen LogP contribution is 2.18. The summed E-state index contributed by atoms with van der Waals surface area (Å²) in [6.07, 6.45) is 0. The number of hydrogen-bond donors (Lipinski definition) is 1. The second kappa shape index (κ2) is 7.87. The van der Waals surface area contributed by atoms with Gasteiger partial charge in [-0.3, -0.25) is 4.79 Å². The number of carbonyl (C=O) groups excluding carboxylic acids is 1. The third-order valence-electron chi connectivity index (χ3n) is 2.65. The maximum absolute atomic E-state index is 11.8. The lowest BCUT2D eigenvalue weighted by molar-refractivity contribution is -0.118. The van der Waals surface area contributed by atoms with E-state index in [0.29, 0.717) is 12.4 Å². The maximum atomic E-state index is 11.8. The molecule has 0 bridgehead atoms. The van der Waals surface area contributed by atoms with Gasteiger partial charge < -0.3 is 14.8 Å². The van der Waals surface area contributed by atoms with Crippen molar-refractivity contribution in [1.82, 2.24) is 0 Å². The van der Waals surface area contributed by atoms with Crippen LogP contribution in [0.1, 0.15) is 6.92 Å². The predicted octanol–water partition coefficient (Wildman–Crippen LogP) is 3.71. The quantitative estimate of drug-likeness (QED) is 0.757. The highest BCUT2D eigenvalue weighted by Gasteiger charge is 2.06. The van der Waals surface area contributed by atoms with Gasteiger partial charge in [-0.15, -0.1) is 0 Å². The van der Waals surface area contributed by atoms with E-state index in [-0.39, 0.29) is 12.5 Å². The van der Waals surface area contributed by atoms with Gasteiger partial charge in [0.05, 0.1) is 12.3 Å². The van der Waals surface area contributed by atoms with Crippen LogP contribution in [0.25, 0.3) is 0 Å². The fourth-order valence-corrected chi connectivity index (χ4v) is 2.22. The van der Waals surface area contributed by atoms with Crippen LogP contribution in [0.2, 0.25) is 0 Å². The van der Waals surface area contributed by atoms with E-state index in [1.54, 1.807) is 12.1 Å². The number of carbonyl (C=O) groups is 1. The zero-order valence-corrected chi connectivity index (χ0v) is 13.8. The van der Waals surface area contributed by atoms with Gasteiger partial charge >= 0.3 is 0 Å². The van der Waals surface area contributed by atoms with E-state index in [2.05, 4.69) is 27.9 Å². The van der Waals surface area contributed by atoms with Crippen molar-refractivity contribution < 1.29 is 14.3 Å². The molecule has 0 saturated heterocycles. The summed E-state index contributed by atoms with van der Waals surface area (Å²) in [5, 5.41) is 2.82. The average Bonchev–Trinajstić information content (AvgIpc) is 2.49. The van der Waals surface area contributed by atoms with Crippen LogP contribution in [-0.4, -0.2) is 19.1 Å². The molecule has 1 amide bonds. The molecule has 0 spiro atoms. The minimum absolute atomic E-state index is 0.0288. The minimum Gasteiger partial charge on any atom is -0.494 e. The highest BCUT2D eigenvalue weighted by atomic mass is 127. The predicted molar refractivity (Wildman–Crippen MR) is 90.9 cm³/mol. The second-order valence-corrected chi connectivity index (χ2v) is 5.38. The lowest BCUT2D eigenvalue weighted by atomic mass is 10.3. The summed E-state index contributed by atoms with van der Waals surface area (Å²) in [7, 11) is 0. The number of para-hydroxylation sites is 1. The Bertz CT molecular complexity index is 599. The molecule has 0 radical (unpaired) electrons. The molecule has 0 atom stereocenters. The summed E-state index contributed by atoms with van der Waals surface area (Å²) in [5.74, 6) is 1.23. The smallest absolute Gasteiger partial charge is 0.262 e. The van der Waals surface area contributed by atoms with Crippen LogP contribution in [0.5, 0.6) is 11.5 Å². The molecule has 21 heavy (non-hydrogen) atoms. The standard InChI is InChI=1S/C16H16INO3/c1-2-20-12-7-9-13(10-8-12)21-11-16(19)18-15-6-4-3-5-14(15)17/h3-10H,2,11H2,1H3,(H,18,19). The van der Waals surface area contributed by atoms with Crippen molar-refractivity contribution in [2.45, 2.75) is 6.92 Å². The zero-order chi connectivity index (χ0) is 15.1. The van der Waals surface area contributed by atoms with Crippen molar-refractivity contribution in [2.75, 3.05) is 18.5 Å². The molecule has 0 aliphatic heterocycles. The van der Waals surface area contributed by atoms with Crippen molar-refractivity contribution in [1.29, 1.82) is 0 Å². The molecule has 5 heteroatoms. The lowest BCUT2D eigenvalue weighted by Crippen LogP contribution is -2.20. The van der Waals surface area contributed by atoms with E-state index >= 15 is 0 Å². The van der Waals surface area contributed by atoms with Gasteiger partial charge in [-0.05, 0) is 65.9 Å². The molecular weight excluding hydrogens is 381 g/mol. The van der Waals surface area contributed by atoms with Crippen LogP contribution in [-0.2, 0) is 4.79 Å². The number of ether oxygens (including phenoxy) is 2. The fourth-order valence-electron chi connectivity index (χ4n) is 1.70. The van der Waals surface area contributed by atoms with Crippen LogP contribution in [0.4, 0.5) is 5.69 Å². The molecular formula is C16H16INO3. The van der Waals surface area contributed by atoms with Gasteiger partial charge in [0.1, 0.15) is 11.5 Å². The van der Waals surface area contributed by atoms with Crippen LogP contribution >= 0.6 is 22.6 Å². The molecule has 2 aromatic rings. The Kier molecular flexibility index (Phi) is 5.86. The SMILES string of the molecule is CCOc1ccc(OCC(=O)Nc2ccccc2I)cc1. The number of hydrogen-bond acceptors (Lipinski definition) is 3. The number of rotatable bonds is 6. The van der Waals surface area contributed by atoms with Gasteiger partial charge in [-0.1, -0.05) is 12.1 Å². The lowest BCUT2D eigenvalue weighted by Gasteiger charge is -2.09. The van der Waals surface area contributed by atoms with Crippen LogP contribution in [0.15, 0.2) is 48.5 Å². The van der Waals surface area contributed by atoms with E-state index in [0.717, 1.165) is 15.0 Å². The summed E-state index contributed by atoms with van der Waals surface area (Å²) < 4.78 is 11.8. The molecule has 1 N–H and O–H groups in total. The molecule has 0 saturated carbocycles. The molecule has 0 aliphatic rings. The first-order chi connectivity index (χ1) is 10.2. The van der Waals surface area contributed by atoms with E-state index in [4.69, 9.17) is 9.47 Å². The number of amides is 1. The largest absolute Gasteiger partial charge is 0.494 e. The van der Waals surface area contributed by atoms with Crippen molar-refractivity contribution in [2.24, 2.45) is 0 Å².